The maximum atomic E-state index is 11.4. The van der Waals surface area contributed by atoms with Gasteiger partial charge in [0.15, 0.2) is 0 Å². The molecule has 1 heterocycles. The van der Waals surface area contributed by atoms with Crippen molar-refractivity contribution in [3.05, 3.63) is 11.1 Å². The van der Waals surface area contributed by atoms with Crippen molar-refractivity contribution in [1.29, 1.82) is 10.5 Å². The minimum absolute atomic E-state index is 0.0121. The van der Waals surface area contributed by atoms with E-state index >= 15 is 0 Å². The van der Waals surface area contributed by atoms with E-state index in [-0.39, 0.29) is 35.9 Å². The lowest BCUT2D eigenvalue weighted by atomic mass is 10.2. The number of anilines is 1. The lowest BCUT2D eigenvalue weighted by Gasteiger charge is -2.03. The molecule has 0 bridgehead atoms. The first-order valence-corrected chi connectivity index (χ1v) is 7.34. The number of nitriles is 2. The normalized spacial score (nSPS) is 9.45. The Labute approximate surface area is 131 Å². The number of ether oxygens (including phenoxy) is 2. The quantitative estimate of drug-likeness (QED) is 0.605. The van der Waals surface area contributed by atoms with E-state index in [1.54, 1.807) is 13.8 Å². The molecule has 8 nitrogen and oxygen atoms in total. The number of rotatable bonds is 6. The van der Waals surface area contributed by atoms with Crippen LogP contribution in [-0.2, 0) is 14.3 Å². The monoisotopic (exact) mass is 322 g/mol. The number of carbonyl (C=O) groups is 2. The lowest BCUT2D eigenvalue weighted by molar-refractivity contribution is -0.139. The van der Waals surface area contributed by atoms with Crippen LogP contribution in [0.2, 0.25) is 0 Å². The molecule has 0 aliphatic rings. The van der Waals surface area contributed by atoms with Crippen LogP contribution in [0.15, 0.2) is 5.03 Å². The molecule has 1 rings (SSSR count). The van der Waals surface area contributed by atoms with E-state index in [9.17, 15) is 9.59 Å². The van der Waals surface area contributed by atoms with Crippen LogP contribution < -0.4 is 5.32 Å². The van der Waals surface area contributed by atoms with Gasteiger partial charge in [0, 0.05) is 0 Å². The van der Waals surface area contributed by atoms with E-state index in [2.05, 4.69) is 10.3 Å². The van der Waals surface area contributed by atoms with Gasteiger partial charge in [0.2, 0.25) is 0 Å². The molecule has 0 spiro atoms. The topological polar surface area (TPSA) is 128 Å². The van der Waals surface area contributed by atoms with E-state index in [1.165, 1.54) is 0 Å². The summed E-state index contributed by atoms with van der Waals surface area (Å²) in [4.78, 5) is 25.5. The molecule has 9 heteroatoms. The molecule has 1 aromatic rings. The Balaban J connectivity index is 2.97. The maximum Gasteiger partial charge on any atom is 0.412 e. The first-order valence-electron chi connectivity index (χ1n) is 6.35. The van der Waals surface area contributed by atoms with Crippen molar-refractivity contribution in [2.45, 2.75) is 18.9 Å². The number of aromatic amines is 1. The highest BCUT2D eigenvalue weighted by Crippen LogP contribution is 2.29. The van der Waals surface area contributed by atoms with Crippen LogP contribution in [0.4, 0.5) is 10.6 Å². The molecular weight excluding hydrogens is 308 g/mol. The molecule has 0 saturated heterocycles. The van der Waals surface area contributed by atoms with E-state index in [1.807, 2.05) is 12.1 Å². The molecule has 0 radical (unpaired) electrons. The zero-order chi connectivity index (χ0) is 16.5. The second kappa shape index (κ2) is 8.60. The molecule has 0 fully saturated rings. The van der Waals surface area contributed by atoms with Crippen molar-refractivity contribution in [1.82, 2.24) is 4.98 Å². The Morgan fingerprint density at radius 1 is 1.18 bits per heavy atom. The maximum absolute atomic E-state index is 11.4. The molecule has 116 valence electrons. The fourth-order valence-corrected chi connectivity index (χ4v) is 2.31. The molecule has 0 unspecified atom stereocenters. The molecular formula is C13H14N4O4S. The number of nitrogens with zero attached hydrogens (tertiary/aromatic N) is 2. The highest BCUT2D eigenvalue weighted by Gasteiger charge is 2.20. The van der Waals surface area contributed by atoms with Crippen molar-refractivity contribution in [3.8, 4) is 12.1 Å². The standard InChI is InChI=1S/C13H14N4O4S/c1-3-20-10(18)7-22-12-9(6-15)8(5-14)11(16-12)17-13(19)21-4-2/h16H,3-4,7H2,1-2H3,(H,17,19). The van der Waals surface area contributed by atoms with E-state index in [0.717, 1.165) is 11.8 Å². The largest absolute Gasteiger partial charge is 0.465 e. The zero-order valence-corrected chi connectivity index (χ0v) is 12.9. The van der Waals surface area contributed by atoms with Crippen LogP contribution in [0, 0.1) is 22.7 Å². The minimum Gasteiger partial charge on any atom is -0.465 e. The summed E-state index contributed by atoms with van der Waals surface area (Å²) in [5.74, 6) is -0.402. The molecule has 1 aromatic heterocycles. The average molecular weight is 322 g/mol. The van der Waals surface area contributed by atoms with Crippen LogP contribution in [0.1, 0.15) is 25.0 Å². The summed E-state index contributed by atoms with van der Waals surface area (Å²) >= 11 is 1.01. The van der Waals surface area contributed by atoms with Gasteiger partial charge in [-0.3, -0.25) is 10.1 Å². The third kappa shape index (κ3) is 4.43. The van der Waals surface area contributed by atoms with Gasteiger partial charge in [0.05, 0.1) is 24.0 Å². The van der Waals surface area contributed by atoms with Crippen molar-refractivity contribution >= 4 is 29.6 Å². The summed E-state index contributed by atoms with van der Waals surface area (Å²) in [5, 5.41) is 20.9. The van der Waals surface area contributed by atoms with Crippen molar-refractivity contribution in [2.24, 2.45) is 0 Å². The molecule has 0 aromatic carbocycles. The van der Waals surface area contributed by atoms with E-state index in [4.69, 9.17) is 20.0 Å². The van der Waals surface area contributed by atoms with E-state index in [0.29, 0.717) is 5.03 Å². The second-order valence-electron chi connectivity index (χ2n) is 3.74. The van der Waals surface area contributed by atoms with Gasteiger partial charge < -0.3 is 14.5 Å². The van der Waals surface area contributed by atoms with Crippen molar-refractivity contribution < 1.29 is 19.1 Å². The Morgan fingerprint density at radius 3 is 2.36 bits per heavy atom. The molecule has 0 saturated carbocycles. The summed E-state index contributed by atoms with van der Waals surface area (Å²) in [6.45, 7) is 3.76. The average Bonchev–Trinajstić information content (AvgIpc) is 2.82. The highest BCUT2D eigenvalue weighted by atomic mass is 32.2. The van der Waals surface area contributed by atoms with Gasteiger partial charge in [-0.05, 0) is 13.8 Å². The number of H-pyrrole nitrogens is 1. The van der Waals surface area contributed by atoms with Gasteiger partial charge in [-0.2, -0.15) is 10.5 Å². The number of aromatic nitrogens is 1. The first kappa shape index (κ1) is 17.4. The zero-order valence-electron chi connectivity index (χ0n) is 12.1. The predicted molar refractivity (Wildman–Crippen MR) is 78.2 cm³/mol. The third-order valence-electron chi connectivity index (χ3n) is 2.33. The van der Waals surface area contributed by atoms with Gasteiger partial charge in [0.1, 0.15) is 29.1 Å². The SMILES string of the molecule is CCOC(=O)CSc1[nH]c(NC(=O)OCC)c(C#N)c1C#N. The second-order valence-corrected chi connectivity index (χ2v) is 4.73. The van der Waals surface area contributed by atoms with E-state index < -0.39 is 12.1 Å². The minimum atomic E-state index is -0.744. The fraction of sp³-hybridized carbons (Fsp3) is 0.385. The fourth-order valence-electron chi connectivity index (χ4n) is 1.50. The Morgan fingerprint density at radius 2 is 1.82 bits per heavy atom. The summed E-state index contributed by atoms with van der Waals surface area (Å²) in [7, 11) is 0. The van der Waals surface area contributed by atoms with Gasteiger partial charge in [-0.15, -0.1) is 0 Å². The molecule has 22 heavy (non-hydrogen) atoms. The number of carbonyl (C=O) groups excluding carboxylic acids is 2. The first-order chi connectivity index (χ1) is 10.6. The predicted octanol–water partition coefficient (Wildman–Crippen LogP) is 1.98. The van der Waals surface area contributed by atoms with Gasteiger partial charge in [0.25, 0.3) is 0 Å². The van der Waals surface area contributed by atoms with Gasteiger partial charge in [-0.25, -0.2) is 4.79 Å². The number of nitrogens with one attached hydrogen (secondary N) is 2. The molecule has 0 aliphatic carbocycles. The van der Waals surface area contributed by atoms with Crippen LogP contribution in [0.25, 0.3) is 0 Å². The highest BCUT2D eigenvalue weighted by molar-refractivity contribution is 7.99. The number of hydrogen-bond acceptors (Lipinski definition) is 7. The lowest BCUT2D eigenvalue weighted by Crippen LogP contribution is -2.14. The third-order valence-corrected chi connectivity index (χ3v) is 3.31. The smallest absolute Gasteiger partial charge is 0.412 e. The number of thioether (sulfide) groups is 1. The molecule has 0 aliphatic heterocycles. The summed E-state index contributed by atoms with van der Waals surface area (Å²) < 4.78 is 9.50. The number of esters is 1. The summed E-state index contributed by atoms with van der Waals surface area (Å²) in [5.41, 5.74) is 0.0468. The van der Waals surface area contributed by atoms with Crippen LogP contribution in [0.5, 0.6) is 0 Å². The number of amides is 1. The Bertz CT molecular complexity index is 642. The van der Waals surface area contributed by atoms with Crippen LogP contribution >= 0.6 is 11.8 Å². The Kier molecular flexibility index (Phi) is 6.80. The molecule has 1 amide bonds. The Hall–Kier alpha value is -2.65. The summed E-state index contributed by atoms with van der Waals surface area (Å²) in [6.07, 6.45) is -0.744. The van der Waals surface area contributed by atoms with Gasteiger partial charge in [-0.1, -0.05) is 11.8 Å². The molecule has 2 N–H and O–H groups in total. The number of hydrogen-bond donors (Lipinski definition) is 2. The van der Waals surface area contributed by atoms with Gasteiger partial charge >= 0.3 is 12.1 Å². The molecule has 0 atom stereocenters. The van der Waals surface area contributed by atoms with Crippen LogP contribution in [-0.4, -0.2) is 36.0 Å². The van der Waals surface area contributed by atoms with Crippen molar-refractivity contribution in [3.63, 3.8) is 0 Å². The van der Waals surface area contributed by atoms with Crippen LogP contribution in [0.3, 0.4) is 0 Å². The van der Waals surface area contributed by atoms with Crippen molar-refractivity contribution in [2.75, 3.05) is 24.3 Å². The summed E-state index contributed by atoms with van der Waals surface area (Å²) in [6, 6.07) is 3.72.